The highest BCUT2D eigenvalue weighted by Gasteiger charge is 2.32. The number of non-ortho nitro benzene ring substituents is 1. The minimum atomic E-state index is -0.751. The summed E-state index contributed by atoms with van der Waals surface area (Å²) in [5.41, 5.74) is 4.67. The number of nitro groups is 2. The highest BCUT2D eigenvalue weighted by Crippen LogP contribution is 2.42. The third kappa shape index (κ3) is 5.39. The molecular formula is C35H26N4O8S. The van der Waals surface area contributed by atoms with E-state index in [1.54, 1.807) is 36.0 Å². The Morgan fingerprint density at radius 3 is 2.38 bits per heavy atom. The summed E-state index contributed by atoms with van der Waals surface area (Å²) in [6.45, 7) is 0. The molecule has 0 saturated heterocycles. The zero-order chi connectivity index (χ0) is 33.5. The van der Waals surface area contributed by atoms with Crippen LogP contribution in [0, 0.1) is 20.2 Å². The lowest BCUT2D eigenvalue weighted by Crippen LogP contribution is -2.38. The van der Waals surface area contributed by atoms with E-state index in [1.165, 1.54) is 30.1 Å². The van der Waals surface area contributed by atoms with Gasteiger partial charge < -0.3 is 14.2 Å². The number of ether oxygens (including phenoxy) is 3. The first-order valence-electron chi connectivity index (χ1n) is 14.8. The number of hydrogen-bond acceptors (Lipinski definition) is 10. The van der Waals surface area contributed by atoms with E-state index in [4.69, 9.17) is 19.2 Å². The molecule has 1 aliphatic carbocycles. The van der Waals surface area contributed by atoms with Crippen LogP contribution in [0.25, 0.3) is 11.8 Å². The van der Waals surface area contributed by atoms with Gasteiger partial charge >= 0.3 is 5.69 Å². The molecule has 4 aromatic carbocycles. The summed E-state index contributed by atoms with van der Waals surface area (Å²) in [7, 11) is 3.03. The molecule has 0 N–H and O–H groups in total. The zero-order valence-electron chi connectivity index (χ0n) is 25.6. The average molecular weight is 663 g/mol. The lowest BCUT2D eigenvalue weighted by molar-refractivity contribution is -0.394. The second kappa shape index (κ2) is 12.3. The Hall–Kier alpha value is -6.08. The van der Waals surface area contributed by atoms with Crippen LogP contribution in [0.5, 0.6) is 23.0 Å². The van der Waals surface area contributed by atoms with Gasteiger partial charge in [-0.25, -0.2) is 4.99 Å². The van der Waals surface area contributed by atoms with Crippen molar-refractivity contribution in [3.05, 3.63) is 153 Å². The molecule has 0 unspecified atom stereocenters. The maximum atomic E-state index is 14.2. The highest BCUT2D eigenvalue weighted by atomic mass is 32.1. The van der Waals surface area contributed by atoms with Gasteiger partial charge in [0.15, 0.2) is 16.3 Å². The molecule has 1 aliphatic heterocycles. The molecule has 240 valence electrons. The maximum absolute atomic E-state index is 14.2. The number of methoxy groups -OCH3 is 2. The molecule has 48 heavy (non-hydrogen) atoms. The van der Waals surface area contributed by atoms with E-state index in [0.29, 0.717) is 14.9 Å². The summed E-state index contributed by atoms with van der Waals surface area (Å²) in [4.78, 5) is 41.1. The third-order valence-electron chi connectivity index (χ3n) is 8.36. The Balaban J connectivity index is 1.31. The topological polar surface area (TPSA) is 148 Å². The Kier molecular flexibility index (Phi) is 7.81. The number of rotatable bonds is 8. The molecule has 2 heterocycles. The molecule has 1 aromatic heterocycles. The van der Waals surface area contributed by atoms with Crippen molar-refractivity contribution in [3.8, 4) is 23.0 Å². The van der Waals surface area contributed by atoms with Crippen LogP contribution < -0.4 is 29.1 Å². The van der Waals surface area contributed by atoms with Gasteiger partial charge in [0.05, 0.1) is 46.4 Å². The molecule has 7 rings (SSSR count). The molecule has 0 spiro atoms. The van der Waals surface area contributed by atoms with Crippen molar-refractivity contribution in [1.82, 2.24) is 4.57 Å². The number of allylic oxidation sites excluding steroid dienone is 1. The van der Waals surface area contributed by atoms with Crippen molar-refractivity contribution < 1.29 is 24.1 Å². The first kappa shape index (κ1) is 30.6. The number of aromatic nitrogens is 1. The van der Waals surface area contributed by atoms with Crippen LogP contribution in [-0.4, -0.2) is 28.6 Å². The van der Waals surface area contributed by atoms with Gasteiger partial charge in [-0.2, -0.15) is 0 Å². The number of nitro benzene ring substituents is 2. The minimum Gasteiger partial charge on any atom is -0.497 e. The van der Waals surface area contributed by atoms with Crippen LogP contribution in [-0.2, 0) is 6.42 Å². The van der Waals surface area contributed by atoms with Gasteiger partial charge in [0.1, 0.15) is 5.75 Å². The van der Waals surface area contributed by atoms with E-state index >= 15 is 0 Å². The van der Waals surface area contributed by atoms with E-state index < -0.39 is 21.2 Å². The van der Waals surface area contributed by atoms with Crippen LogP contribution in [0.2, 0.25) is 0 Å². The summed E-state index contributed by atoms with van der Waals surface area (Å²) in [5.74, 6) is 0.930. The normalized spacial score (nSPS) is 15.1. The zero-order valence-corrected chi connectivity index (χ0v) is 26.4. The van der Waals surface area contributed by atoms with Gasteiger partial charge in [0.25, 0.3) is 11.2 Å². The fourth-order valence-corrected chi connectivity index (χ4v) is 7.09. The molecule has 5 aromatic rings. The molecule has 1 atom stereocenters. The third-order valence-corrected chi connectivity index (χ3v) is 9.34. The van der Waals surface area contributed by atoms with Crippen molar-refractivity contribution in [2.24, 2.45) is 4.99 Å². The molecule has 0 amide bonds. The Morgan fingerprint density at radius 1 is 0.875 bits per heavy atom. The van der Waals surface area contributed by atoms with Gasteiger partial charge in [-0.1, -0.05) is 53.8 Å². The molecule has 12 nitrogen and oxygen atoms in total. The number of thiazole rings is 1. The lowest BCUT2D eigenvalue weighted by atomic mass is 9.83. The van der Waals surface area contributed by atoms with Crippen molar-refractivity contribution in [2.75, 3.05) is 14.2 Å². The second-order valence-corrected chi connectivity index (χ2v) is 12.1. The summed E-state index contributed by atoms with van der Waals surface area (Å²) >= 11 is 1.29. The molecule has 0 fully saturated rings. The van der Waals surface area contributed by atoms with E-state index in [2.05, 4.69) is 12.1 Å². The first-order chi connectivity index (χ1) is 23.2. The number of benzene rings is 4. The summed E-state index contributed by atoms with van der Waals surface area (Å²) in [6.07, 6.45) is 3.35. The summed E-state index contributed by atoms with van der Waals surface area (Å²) in [6, 6.07) is 23.7. The van der Waals surface area contributed by atoms with E-state index in [9.17, 15) is 25.0 Å². The van der Waals surface area contributed by atoms with Gasteiger partial charge in [-0.15, -0.1) is 0 Å². The molecule has 2 aliphatic rings. The van der Waals surface area contributed by atoms with E-state index in [-0.39, 0.29) is 28.8 Å². The quantitative estimate of drug-likeness (QED) is 0.146. The second-order valence-electron chi connectivity index (χ2n) is 11.1. The Morgan fingerprint density at radius 2 is 1.65 bits per heavy atom. The molecular weight excluding hydrogens is 636 g/mol. The summed E-state index contributed by atoms with van der Waals surface area (Å²) in [5, 5.41) is 22.8. The Labute approximate surface area is 276 Å². The summed E-state index contributed by atoms with van der Waals surface area (Å²) < 4.78 is 18.9. The van der Waals surface area contributed by atoms with Gasteiger partial charge in [0.2, 0.25) is 5.75 Å². The average Bonchev–Trinajstić information content (AvgIpc) is 3.41. The van der Waals surface area contributed by atoms with Crippen LogP contribution in [0.1, 0.15) is 34.7 Å². The lowest BCUT2D eigenvalue weighted by Gasteiger charge is -2.30. The van der Waals surface area contributed by atoms with E-state index in [0.717, 1.165) is 53.1 Å². The number of aryl methyl sites for hydroxylation is 1. The molecule has 0 radical (unpaired) electrons. The molecule has 0 bridgehead atoms. The SMILES string of the molecule is COc1ccc([C@H]2C3=C(N=c4s/c(=C\c5ccc(Oc6ccc([N+](=O)[O-])cc6[N+](=O)[O-])c(OC)c5)c(=O)n42)c2ccccc2CC3)cc1. The predicted molar refractivity (Wildman–Crippen MR) is 179 cm³/mol. The molecule has 0 saturated carbocycles. The largest absolute Gasteiger partial charge is 0.497 e. The van der Waals surface area contributed by atoms with Crippen molar-refractivity contribution in [3.63, 3.8) is 0 Å². The smallest absolute Gasteiger partial charge is 0.318 e. The minimum absolute atomic E-state index is 0.152. The van der Waals surface area contributed by atoms with E-state index in [1.807, 2.05) is 36.4 Å². The van der Waals surface area contributed by atoms with Gasteiger partial charge in [-0.05, 0) is 71.5 Å². The fraction of sp³-hybridized carbons (Fsp3) is 0.143. The van der Waals surface area contributed by atoms with Crippen LogP contribution in [0.4, 0.5) is 11.4 Å². The fourth-order valence-electron chi connectivity index (χ4n) is 6.08. The standard InChI is InChI=1S/C35H26N4O8S/c1-45-24-12-8-22(9-13-24)33-26-14-10-21-5-3-4-6-25(21)32(26)36-35-37(33)34(40)31(48-35)18-20-7-15-29(30(17-20)46-2)47-28-16-11-23(38(41)42)19-27(28)39(43)44/h3-9,11-13,15-19,33H,10,14H2,1-2H3/b31-18-/t33-/m0/s1. The Bertz CT molecular complexity index is 2340. The monoisotopic (exact) mass is 662 g/mol. The predicted octanol–water partition coefficient (Wildman–Crippen LogP) is 5.94. The van der Waals surface area contributed by atoms with Crippen molar-refractivity contribution in [2.45, 2.75) is 18.9 Å². The van der Waals surface area contributed by atoms with Crippen LogP contribution >= 0.6 is 11.3 Å². The van der Waals surface area contributed by atoms with Crippen LogP contribution in [0.15, 0.2) is 100 Å². The highest BCUT2D eigenvalue weighted by molar-refractivity contribution is 7.07. The maximum Gasteiger partial charge on any atom is 0.318 e. The van der Waals surface area contributed by atoms with Crippen molar-refractivity contribution >= 4 is 34.5 Å². The number of fused-ring (bicyclic) bond motifs is 3. The van der Waals surface area contributed by atoms with Crippen molar-refractivity contribution in [1.29, 1.82) is 0 Å². The van der Waals surface area contributed by atoms with Crippen LogP contribution in [0.3, 0.4) is 0 Å². The number of hydrogen-bond donors (Lipinski definition) is 0. The van der Waals surface area contributed by atoms with Gasteiger partial charge in [-0.3, -0.25) is 29.6 Å². The first-order valence-corrected chi connectivity index (χ1v) is 15.6. The number of nitrogens with zero attached hydrogens (tertiary/aromatic N) is 4. The molecule has 13 heteroatoms. The van der Waals surface area contributed by atoms with Gasteiger partial charge in [0, 0.05) is 11.6 Å².